The second kappa shape index (κ2) is 6.24. The van der Waals surface area contributed by atoms with Crippen LogP contribution in [-0.4, -0.2) is 69.7 Å². The molecule has 2 unspecified atom stereocenters. The van der Waals surface area contributed by atoms with E-state index in [1.807, 2.05) is 0 Å². The van der Waals surface area contributed by atoms with E-state index in [-0.39, 0.29) is 12.5 Å². The predicted octanol–water partition coefficient (Wildman–Crippen LogP) is 0.0686. The van der Waals surface area contributed by atoms with Gasteiger partial charge >= 0.3 is 11.9 Å². The van der Waals surface area contributed by atoms with E-state index >= 15 is 0 Å². The molecule has 1 amide bonds. The third-order valence-electron chi connectivity index (χ3n) is 5.70. The number of nitrogens with zero attached hydrogens (tertiary/aromatic N) is 2. The van der Waals surface area contributed by atoms with Crippen molar-refractivity contribution in [2.24, 2.45) is 5.92 Å². The summed E-state index contributed by atoms with van der Waals surface area (Å²) in [6.45, 7) is -0.353. The number of carbonyl (C=O) groups is 3. The Hall–Kier alpha value is -1.68. The first kappa shape index (κ1) is 18.1. The number of aliphatic carboxylic acids is 2. The molecule has 0 aromatic heterocycles. The lowest BCUT2D eigenvalue weighted by Crippen LogP contribution is -2.59. The molecule has 0 radical (unpaired) electrons. The molecule has 0 bridgehead atoms. The van der Waals surface area contributed by atoms with E-state index in [4.69, 9.17) is 5.11 Å². The van der Waals surface area contributed by atoms with Gasteiger partial charge in [0, 0.05) is 6.54 Å². The van der Waals surface area contributed by atoms with Gasteiger partial charge in [-0.25, -0.2) is 18.0 Å². The van der Waals surface area contributed by atoms with Crippen LogP contribution in [0.15, 0.2) is 0 Å². The minimum absolute atomic E-state index is 0.147. The Morgan fingerprint density at radius 2 is 1.68 bits per heavy atom. The Labute approximate surface area is 145 Å². The summed E-state index contributed by atoms with van der Waals surface area (Å²) in [6.07, 6.45) is 5.25. The molecule has 3 aliphatic rings. The number of amides is 1. The number of carboxylic acid groups (broad SMARTS) is 2. The summed E-state index contributed by atoms with van der Waals surface area (Å²) >= 11 is 0. The van der Waals surface area contributed by atoms with Gasteiger partial charge in [0.05, 0.1) is 6.54 Å². The van der Waals surface area contributed by atoms with Gasteiger partial charge in [0.25, 0.3) is 0 Å². The molecule has 3 rings (SSSR count). The van der Waals surface area contributed by atoms with Crippen molar-refractivity contribution in [1.82, 2.24) is 9.21 Å². The highest BCUT2D eigenvalue weighted by Gasteiger charge is 2.62. The third kappa shape index (κ3) is 2.80. The molecule has 0 spiro atoms. The lowest BCUT2D eigenvalue weighted by atomic mass is 9.73. The molecule has 1 saturated carbocycles. The molecule has 2 heterocycles. The third-order valence-corrected chi connectivity index (χ3v) is 7.50. The molecule has 0 aromatic rings. The fourth-order valence-electron chi connectivity index (χ4n) is 4.47. The van der Waals surface area contributed by atoms with Crippen molar-refractivity contribution in [3.05, 3.63) is 0 Å². The van der Waals surface area contributed by atoms with Gasteiger partial charge in [-0.15, -0.1) is 0 Å². The van der Waals surface area contributed by atoms with E-state index in [1.165, 1.54) is 4.90 Å². The monoisotopic (exact) mass is 374 g/mol. The van der Waals surface area contributed by atoms with Gasteiger partial charge in [-0.1, -0.05) is 19.3 Å². The van der Waals surface area contributed by atoms with Crippen LogP contribution in [0, 0.1) is 5.92 Å². The maximum Gasteiger partial charge on any atom is 0.339 e. The van der Waals surface area contributed by atoms with Crippen LogP contribution in [0.1, 0.15) is 44.9 Å². The van der Waals surface area contributed by atoms with Crippen LogP contribution in [0.3, 0.4) is 0 Å². The summed E-state index contributed by atoms with van der Waals surface area (Å²) in [5.41, 5.74) is -1.30. The van der Waals surface area contributed by atoms with Crippen LogP contribution in [0.25, 0.3) is 0 Å². The SMILES string of the molecule is O=C(O)C1N(CC(=O)N2CCC[C@]2(C(=O)O)C2CCCCC2)S1(=O)=O. The van der Waals surface area contributed by atoms with Crippen LogP contribution in [0.5, 0.6) is 0 Å². The summed E-state index contributed by atoms with van der Waals surface area (Å²) in [7, 11) is -3.97. The molecule has 3 fully saturated rings. The number of likely N-dealkylation sites (tertiary alicyclic amines) is 1. The van der Waals surface area contributed by atoms with Crippen molar-refractivity contribution >= 4 is 27.9 Å². The molecule has 1 aliphatic carbocycles. The lowest BCUT2D eigenvalue weighted by molar-refractivity contribution is -0.161. The molecular weight excluding hydrogens is 352 g/mol. The fourth-order valence-corrected chi connectivity index (χ4v) is 5.87. The topological polar surface area (TPSA) is 132 Å². The first-order chi connectivity index (χ1) is 11.7. The van der Waals surface area contributed by atoms with Crippen LogP contribution < -0.4 is 0 Å². The van der Waals surface area contributed by atoms with Crippen LogP contribution in [-0.2, 0) is 24.4 Å². The average Bonchev–Trinajstić information content (AvgIpc) is 2.93. The minimum atomic E-state index is -3.97. The second-order valence-electron chi connectivity index (χ2n) is 6.99. The Morgan fingerprint density at radius 3 is 2.20 bits per heavy atom. The summed E-state index contributed by atoms with van der Waals surface area (Å²) in [6, 6.07) is 0. The predicted molar refractivity (Wildman–Crippen MR) is 84.9 cm³/mol. The molecule has 9 nitrogen and oxygen atoms in total. The van der Waals surface area contributed by atoms with Gasteiger partial charge in [0.2, 0.25) is 21.3 Å². The zero-order valence-electron chi connectivity index (χ0n) is 13.8. The number of rotatable bonds is 5. The van der Waals surface area contributed by atoms with Gasteiger partial charge in [-0.2, -0.15) is 4.31 Å². The van der Waals surface area contributed by atoms with E-state index in [9.17, 15) is 27.9 Å². The summed E-state index contributed by atoms with van der Waals surface area (Å²) < 4.78 is 23.9. The second-order valence-corrected chi connectivity index (χ2v) is 8.94. The molecule has 0 aromatic carbocycles. The molecule has 3 atom stereocenters. The van der Waals surface area contributed by atoms with Gasteiger partial charge in [0.1, 0.15) is 5.54 Å². The Balaban J connectivity index is 1.81. The van der Waals surface area contributed by atoms with Crippen molar-refractivity contribution in [2.75, 3.05) is 13.1 Å². The highest BCUT2D eigenvalue weighted by molar-refractivity contribution is 7.96. The number of sulfonamides is 1. The average molecular weight is 374 g/mol. The Bertz CT molecular complexity index is 701. The number of carbonyl (C=O) groups excluding carboxylic acids is 1. The Kier molecular flexibility index (Phi) is 4.52. The van der Waals surface area contributed by atoms with E-state index in [2.05, 4.69) is 0 Å². The van der Waals surface area contributed by atoms with Crippen LogP contribution in [0.4, 0.5) is 0 Å². The number of hydrogen-bond donors (Lipinski definition) is 2. The molecule has 2 saturated heterocycles. The first-order valence-electron chi connectivity index (χ1n) is 8.50. The highest BCUT2D eigenvalue weighted by atomic mass is 32.2. The zero-order chi connectivity index (χ0) is 18.4. The van der Waals surface area contributed by atoms with Gasteiger partial charge in [-0.3, -0.25) is 4.79 Å². The normalized spacial score (nSPS) is 34.6. The molecule has 25 heavy (non-hydrogen) atoms. The molecule has 10 heteroatoms. The van der Waals surface area contributed by atoms with Crippen LogP contribution in [0.2, 0.25) is 0 Å². The van der Waals surface area contributed by atoms with Crippen molar-refractivity contribution in [2.45, 2.75) is 55.9 Å². The summed E-state index contributed by atoms with van der Waals surface area (Å²) in [5.74, 6) is -3.34. The standard InChI is InChI=1S/C15H22N2O7S/c18-11(9-17-12(13(19)20)25(17,23)24)16-8-4-7-15(16,14(21)22)10-5-2-1-3-6-10/h10,12H,1-9H2,(H,19,20)(H,21,22)/t12?,15-,17?/m1/s1. The van der Waals surface area contributed by atoms with Crippen LogP contribution >= 0.6 is 0 Å². The minimum Gasteiger partial charge on any atom is -0.479 e. The molecule has 2 aliphatic heterocycles. The maximum atomic E-state index is 12.7. The smallest absolute Gasteiger partial charge is 0.339 e. The highest BCUT2D eigenvalue weighted by Crippen LogP contribution is 2.44. The fraction of sp³-hybridized carbons (Fsp3) is 0.800. The van der Waals surface area contributed by atoms with E-state index in [1.54, 1.807) is 0 Å². The zero-order valence-corrected chi connectivity index (χ0v) is 14.6. The van der Waals surface area contributed by atoms with E-state index < -0.39 is 45.3 Å². The van der Waals surface area contributed by atoms with Crippen molar-refractivity contribution in [1.29, 1.82) is 0 Å². The quantitative estimate of drug-likeness (QED) is 0.651. The lowest BCUT2D eigenvalue weighted by Gasteiger charge is -2.42. The Morgan fingerprint density at radius 1 is 1.04 bits per heavy atom. The summed E-state index contributed by atoms with van der Waals surface area (Å²) in [5, 5.41) is 17.1. The molecule has 140 valence electrons. The number of carboxylic acids is 2. The van der Waals surface area contributed by atoms with Crippen molar-refractivity contribution in [3.8, 4) is 0 Å². The van der Waals surface area contributed by atoms with E-state index in [0.717, 1.165) is 32.1 Å². The van der Waals surface area contributed by atoms with Gasteiger partial charge < -0.3 is 15.1 Å². The van der Waals surface area contributed by atoms with Gasteiger partial charge in [0.15, 0.2) is 0 Å². The summed E-state index contributed by atoms with van der Waals surface area (Å²) in [4.78, 5) is 37.0. The first-order valence-corrected chi connectivity index (χ1v) is 10.0. The van der Waals surface area contributed by atoms with Gasteiger partial charge in [-0.05, 0) is 31.6 Å². The van der Waals surface area contributed by atoms with Crippen molar-refractivity contribution in [3.63, 3.8) is 0 Å². The largest absolute Gasteiger partial charge is 0.479 e. The maximum absolute atomic E-state index is 12.7. The van der Waals surface area contributed by atoms with Crippen molar-refractivity contribution < 1.29 is 33.0 Å². The molecule has 2 N–H and O–H groups in total. The van der Waals surface area contributed by atoms with E-state index in [0.29, 0.717) is 17.1 Å². The molecular formula is C15H22N2O7S. The number of hydrogen-bond acceptors (Lipinski definition) is 5.